The van der Waals surface area contributed by atoms with Gasteiger partial charge in [0.2, 0.25) is 5.91 Å². The summed E-state index contributed by atoms with van der Waals surface area (Å²) in [5, 5.41) is 28.9. The van der Waals surface area contributed by atoms with E-state index in [9.17, 15) is 15.3 Å². The van der Waals surface area contributed by atoms with E-state index in [1.165, 1.54) is 0 Å². The Labute approximate surface area is 82.9 Å². The lowest BCUT2D eigenvalue weighted by Crippen LogP contribution is -2.52. The highest BCUT2D eigenvalue weighted by Gasteiger charge is 2.58. The summed E-state index contributed by atoms with van der Waals surface area (Å²) in [6, 6.07) is 0. The van der Waals surface area contributed by atoms with E-state index < -0.39 is 12.0 Å². The van der Waals surface area contributed by atoms with Crippen molar-refractivity contribution in [2.75, 3.05) is 20.3 Å². The Balaban J connectivity index is 2.22. The number of methoxy groups -OCH3 is 1. The second-order valence-electron chi connectivity index (χ2n) is 4.40. The standard InChI is InChI=1S/C9H17NO4/c1-14-6-8-2-3-9(12,13)10(8)5-7(11)4-8/h7,11-13H,2-6H2,1H3. The Hall–Kier alpha value is -0.200. The van der Waals surface area contributed by atoms with Gasteiger partial charge >= 0.3 is 0 Å². The number of aliphatic hydroxyl groups is 3. The molecule has 2 aliphatic heterocycles. The van der Waals surface area contributed by atoms with Crippen molar-refractivity contribution in [1.29, 1.82) is 0 Å². The monoisotopic (exact) mass is 203 g/mol. The van der Waals surface area contributed by atoms with Crippen molar-refractivity contribution < 1.29 is 20.1 Å². The molecule has 0 spiro atoms. The number of hydrogen-bond donors (Lipinski definition) is 3. The van der Waals surface area contributed by atoms with Gasteiger partial charge < -0.3 is 20.1 Å². The number of rotatable bonds is 2. The second kappa shape index (κ2) is 3.15. The zero-order chi connectivity index (χ0) is 10.4. The molecule has 0 saturated carbocycles. The molecule has 82 valence electrons. The van der Waals surface area contributed by atoms with E-state index in [0.29, 0.717) is 32.4 Å². The van der Waals surface area contributed by atoms with Crippen molar-refractivity contribution in [3.63, 3.8) is 0 Å². The maximum Gasteiger partial charge on any atom is 0.225 e. The highest BCUT2D eigenvalue weighted by atomic mass is 16.5. The van der Waals surface area contributed by atoms with Crippen LogP contribution in [0.4, 0.5) is 0 Å². The molecule has 0 aromatic rings. The van der Waals surface area contributed by atoms with Crippen molar-refractivity contribution >= 4 is 0 Å². The van der Waals surface area contributed by atoms with Crippen LogP contribution in [0.15, 0.2) is 0 Å². The number of β-amino-alcohol motifs (C(OH)–C–C–N with tert-alkyl or cyclic N) is 1. The quantitative estimate of drug-likeness (QED) is 0.495. The van der Waals surface area contributed by atoms with Gasteiger partial charge in [0.25, 0.3) is 0 Å². The summed E-state index contributed by atoms with van der Waals surface area (Å²) < 4.78 is 5.10. The fraction of sp³-hybridized carbons (Fsp3) is 1.00. The van der Waals surface area contributed by atoms with Gasteiger partial charge in [-0.1, -0.05) is 0 Å². The fourth-order valence-electron chi connectivity index (χ4n) is 2.79. The molecule has 5 heteroatoms. The Bertz CT molecular complexity index is 233. The minimum absolute atomic E-state index is 0.316. The first kappa shape index (κ1) is 10.3. The summed E-state index contributed by atoms with van der Waals surface area (Å²) in [6.45, 7) is 0.753. The summed E-state index contributed by atoms with van der Waals surface area (Å²) in [7, 11) is 1.59. The van der Waals surface area contributed by atoms with Crippen molar-refractivity contribution in [2.24, 2.45) is 0 Å². The summed E-state index contributed by atoms with van der Waals surface area (Å²) in [6.07, 6.45) is 1.06. The Morgan fingerprint density at radius 1 is 1.43 bits per heavy atom. The largest absolute Gasteiger partial charge is 0.392 e. The van der Waals surface area contributed by atoms with Gasteiger partial charge in [0.05, 0.1) is 18.2 Å². The molecule has 0 aliphatic carbocycles. The highest BCUT2D eigenvalue weighted by molar-refractivity contribution is 5.06. The van der Waals surface area contributed by atoms with Gasteiger partial charge in [-0.2, -0.15) is 0 Å². The van der Waals surface area contributed by atoms with Gasteiger partial charge in [0.15, 0.2) is 0 Å². The van der Waals surface area contributed by atoms with Crippen LogP contribution < -0.4 is 0 Å². The number of nitrogens with zero attached hydrogens (tertiary/aromatic N) is 1. The van der Waals surface area contributed by atoms with Crippen molar-refractivity contribution in [3.05, 3.63) is 0 Å². The van der Waals surface area contributed by atoms with Crippen molar-refractivity contribution in [3.8, 4) is 0 Å². The lowest BCUT2D eigenvalue weighted by molar-refractivity contribution is -0.258. The van der Waals surface area contributed by atoms with E-state index in [4.69, 9.17) is 4.74 Å². The molecular formula is C9H17NO4. The minimum Gasteiger partial charge on any atom is -0.392 e. The Kier molecular flexibility index (Phi) is 2.32. The molecule has 2 unspecified atom stereocenters. The molecular weight excluding hydrogens is 186 g/mol. The summed E-state index contributed by atoms with van der Waals surface area (Å²) in [5.41, 5.74) is -0.377. The molecule has 2 aliphatic rings. The molecule has 14 heavy (non-hydrogen) atoms. The van der Waals surface area contributed by atoms with Crippen LogP contribution in [0, 0.1) is 0 Å². The van der Waals surface area contributed by atoms with Gasteiger partial charge in [-0.05, 0) is 12.8 Å². The first-order valence-corrected chi connectivity index (χ1v) is 4.90. The molecule has 2 rings (SSSR count). The normalized spacial score (nSPS) is 41.6. The molecule has 2 atom stereocenters. The first-order valence-electron chi connectivity index (χ1n) is 4.90. The van der Waals surface area contributed by atoms with E-state index in [-0.39, 0.29) is 5.54 Å². The van der Waals surface area contributed by atoms with Crippen molar-refractivity contribution in [1.82, 2.24) is 4.90 Å². The predicted octanol–water partition coefficient (Wildman–Crippen LogP) is -1.13. The number of ether oxygens (including phenoxy) is 1. The van der Waals surface area contributed by atoms with Crippen LogP contribution in [-0.2, 0) is 4.74 Å². The van der Waals surface area contributed by atoms with Gasteiger partial charge in [-0.25, -0.2) is 4.90 Å². The Morgan fingerprint density at radius 2 is 2.14 bits per heavy atom. The third-order valence-corrected chi connectivity index (χ3v) is 3.35. The molecule has 2 heterocycles. The topological polar surface area (TPSA) is 73.2 Å². The van der Waals surface area contributed by atoms with Gasteiger partial charge in [0, 0.05) is 20.1 Å². The second-order valence-corrected chi connectivity index (χ2v) is 4.40. The molecule has 2 saturated heterocycles. The molecule has 3 N–H and O–H groups in total. The Morgan fingerprint density at radius 3 is 2.79 bits per heavy atom. The fourth-order valence-corrected chi connectivity index (χ4v) is 2.79. The molecule has 5 nitrogen and oxygen atoms in total. The minimum atomic E-state index is -1.77. The first-order chi connectivity index (χ1) is 6.50. The zero-order valence-electron chi connectivity index (χ0n) is 8.31. The maximum atomic E-state index is 9.69. The van der Waals surface area contributed by atoms with Gasteiger partial charge in [0.1, 0.15) is 0 Å². The lowest BCUT2D eigenvalue weighted by Gasteiger charge is -2.35. The van der Waals surface area contributed by atoms with E-state index in [2.05, 4.69) is 0 Å². The number of hydrogen-bond acceptors (Lipinski definition) is 5. The van der Waals surface area contributed by atoms with Crippen LogP contribution >= 0.6 is 0 Å². The van der Waals surface area contributed by atoms with Crippen LogP contribution in [0.5, 0.6) is 0 Å². The van der Waals surface area contributed by atoms with Crippen LogP contribution in [0.1, 0.15) is 19.3 Å². The number of aliphatic hydroxyl groups excluding tert-OH is 1. The smallest absolute Gasteiger partial charge is 0.225 e. The molecule has 0 amide bonds. The third-order valence-electron chi connectivity index (χ3n) is 3.35. The highest BCUT2D eigenvalue weighted by Crippen LogP contribution is 2.45. The van der Waals surface area contributed by atoms with E-state index in [0.717, 1.165) is 0 Å². The zero-order valence-corrected chi connectivity index (χ0v) is 8.31. The molecule has 0 radical (unpaired) electrons. The van der Waals surface area contributed by atoms with Crippen LogP contribution in [0.25, 0.3) is 0 Å². The van der Waals surface area contributed by atoms with E-state index in [1.807, 2.05) is 0 Å². The average molecular weight is 203 g/mol. The summed E-state index contributed by atoms with van der Waals surface area (Å²) in [4.78, 5) is 1.56. The predicted molar refractivity (Wildman–Crippen MR) is 48.3 cm³/mol. The van der Waals surface area contributed by atoms with Crippen LogP contribution in [-0.4, -0.2) is 58.0 Å². The van der Waals surface area contributed by atoms with Gasteiger partial charge in [-0.3, -0.25) is 0 Å². The number of fused-ring (bicyclic) bond motifs is 1. The van der Waals surface area contributed by atoms with Crippen molar-refractivity contribution in [2.45, 2.75) is 36.8 Å². The van der Waals surface area contributed by atoms with Crippen LogP contribution in [0.2, 0.25) is 0 Å². The van der Waals surface area contributed by atoms with E-state index >= 15 is 0 Å². The van der Waals surface area contributed by atoms with Gasteiger partial charge in [-0.15, -0.1) is 0 Å². The molecule has 0 aromatic heterocycles. The van der Waals surface area contributed by atoms with Crippen LogP contribution in [0.3, 0.4) is 0 Å². The molecule has 0 bridgehead atoms. The third kappa shape index (κ3) is 1.36. The lowest BCUT2D eigenvalue weighted by atomic mass is 9.94. The average Bonchev–Trinajstić information content (AvgIpc) is 2.51. The van der Waals surface area contributed by atoms with E-state index in [1.54, 1.807) is 12.0 Å². The summed E-state index contributed by atoms with van der Waals surface area (Å²) >= 11 is 0. The maximum absolute atomic E-state index is 9.69. The summed E-state index contributed by atoms with van der Waals surface area (Å²) in [5.74, 6) is -1.77. The molecule has 0 aromatic carbocycles. The SMILES string of the molecule is COCC12CCC(O)(O)N1CC(O)C2. The molecule has 2 fully saturated rings.